The fourth-order valence-corrected chi connectivity index (χ4v) is 2.87. The molecule has 2 heterocycles. The van der Waals surface area contributed by atoms with Crippen LogP contribution in [0, 0.1) is 5.92 Å². The lowest BCUT2D eigenvalue weighted by molar-refractivity contribution is 0.471. The number of aromatic nitrogens is 2. The lowest BCUT2D eigenvalue weighted by Gasteiger charge is -2.14. The Morgan fingerprint density at radius 1 is 1.31 bits per heavy atom. The van der Waals surface area contributed by atoms with Crippen molar-refractivity contribution >= 4 is 0 Å². The maximum absolute atomic E-state index is 4.82. The van der Waals surface area contributed by atoms with E-state index < -0.39 is 0 Å². The van der Waals surface area contributed by atoms with Crippen molar-refractivity contribution in [3.63, 3.8) is 0 Å². The van der Waals surface area contributed by atoms with Crippen LogP contribution < -0.4 is 0 Å². The number of hydrogen-bond donors (Lipinski definition) is 0. The summed E-state index contributed by atoms with van der Waals surface area (Å²) in [5.74, 6) is 1.81. The van der Waals surface area contributed by atoms with E-state index in [-0.39, 0.29) is 5.41 Å². The van der Waals surface area contributed by atoms with Gasteiger partial charge in [0.2, 0.25) is 0 Å². The van der Waals surface area contributed by atoms with E-state index in [0.29, 0.717) is 0 Å². The van der Waals surface area contributed by atoms with Crippen LogP contribution in [0.15, 0.2) is 6.07 Å². The molecule has 2 aliphatic rings. The van der Waals surface area contributed by atoms with Crippen molar-refractivity contribution in [1.82, 2.24) is 9.78 Å². The van der Waals surface area contributed by atoms with Gasteiger partial charge >= 0.3 is 0 Å². The summed E-state index contributed by atoms with van der Waals surface area (Å²) in [6.45, 7) is 7.91. The van der Waals surface area contributed by atoms with Crippen LogP contribution >= 0.6 is 0 Å². The minimum atomic E-state index is 0.193. The molecule has 0 radical (unpaired) electrons. The fraction of sp³-hybridized carbons (Fsp3) is 0.786. The standard InChI is InChI=1S/C14H22N2/c1-14(2,3)13-9-12-11-8-10(11)6-4-5-7-16(12)15-13/h9-11H,4-8H2,1-3H3. The molecule has 2 atom stereocenters. The Kier molecular flexibility index (Phi) is 2.17. The zero-order valence-corrected chi connectivity index (χ0v) is 10.7. The average Bonchev–Trinajstić information content (AvgIpc) is 2.78. The van der Waals surface area contributed by atoms with Gasteiger partial charge in [-0.1, -0.05) is 27.2 Å². The highest BCUT2D eigenvalue weighted by molar-refractivity contribution is 5.25. The van der Waals surface area contributed by atoms with Gasteiger partial charge in [0.1, 0.15) is 0 Å². The zero-order valence-electron chi connectivity index (χ0n) is 10.7. The van der Waals surface area contributed by atoms with Crippen LogP contribution in [0.5, 0.6) is 0 Å². The van der Waals surface area contributed by atoms with E-state index >= 15 is 0 Å². The second-order valence-corrected chi connectivity index (χ2v) is 6.53. The molecule has 2 unspecified atom stereocenters. The summed E-state index contributed by atoms with van der Waals surface area (Å²) < 4.78 is 2.30. The molecule has 2 nitrogen and oxygen atoms in total. The Morgan fingerprint density at radius 2 is 2.12 bits per heavy atom. The average molecular weight is 218 g/mol. The smallest absolute Gasteiger partial charge is 0.0681 e. The van der Waals surface area contributed by atoms with E-state index in [1.165, 1.54) is 37.1 Å². The van der Waals surface area contributed by atoms with Gasteiger partial charge in [-0.15, -0.1) is 0 Å². The molecule has 88 valence electrons. The van der Waals surface area contributed by atoms with Gasteiger partial charge in [-0.05, 0) is 31.2 Å². The normalized spacial score (nSPS) is 28.9. The fourth-order valence-electron chi connectivity index (χ4n) is 2.87. The monoisotopic (exact) mass is 218 g/mol. The first-order valence-electron chi connectivity index (χ1n) is 6.64. The zero-order chi connectivity index (χ0) is 11.3. The Hall–Kier alpha value is -0.790. The Labute approximate surface area is 98.0 Å². The number of hydrogen-bond acceptors (Lipinski definition) is 1. The van der Waals surface area contributed by atoms with E-state index in [1.54, 1.807) is 0 Å². The number of aryl methyl sites for hydroxylation is 1. The van der Waals surface area contributed by atoms with Crippen molar-refractivity contribution in [1.29, 1.82) is 0 Å². The van der Waals surface area contributed by atoms with Gasteiger partial charge in [0.25, 0.3) is 0 Å². The van der Waals surface area contributed by atoms with E-state index in [4.69, 9.17) is 5.10 Å². The van der Waals surface area contributed by atoms with E-state index in [1.807, 2.05) is 0 Å². The van der Waals surface area contributed by atoms with Crippen molar-refractivity contribution in [3.8, 4) is 0 Å². The summed E-state index contributed by atoms with van der Waals surface area (Å²) >= 11 is 0. The molecule has 0 amide bonds. The number of fused-ring (bicyclic) bond motifs is 3. The van der Waals surface area contributed by atoms with Crippen molar-refractivity contribution in [3.05, 3.63) is 17.5 Å². The number of rotatable bonds is 0. The predicted molar refractivity (Wildman–Crippen MR) is 65.6 cm³/mol. The maximum Gasteiger partial charge on any atom is 0.0681 e. The summed E-state index contributed by atoms with van der Waals surface area (Å²) in [6.07, 6.45) is 5.56. The van der Waals surface area contributed by atoms with E-state index in [0.717, 1.165) is 18.4 Å². The lowest BCUT2D eigenvalue weighted by atomic mass is 9.92. The Morgan fingerprint density at radius 3 is 2.88 bits per heavy atom. The van der Waals surface area contributed by atoms with Gasteiger partial charge in [-0.25, -0.2) is 0 Å². The minimum absolute atomic E-state index is 0.193. The van der Waals surface area contributed by atoms with Gasteiger partial charge in [-0.2, -0.15) is 5.10 Å². The molecular weight excluding hydrogens is 196 g/mol. The minimum Gasteiger partial charge on any atom is -0.269 e. The van der Waals surface area contributed by atoms with E-state index in [2.05, 4.69) is 31.5 Å². The van der Waals surface area contributed by atoms with Crippen LogP contribution in [0.4, 0.5) is 0 Å². The van der Waals surface area contributed by atoms with Crippen LogP contribution in [0.3, 0.4) is 0 Å². The first-order chi connectivity index (χ1) is 7.55. The molecule has 0 saturated heterocycles. The molecule has 1 aliphatic carbocycles. The molecule has 1 aromatic heterocycles. The molecule has 0 spiro atoms. The molecule has 3 rings (SSSR count). The van der Waals surface area contributed by atoms with Crippen LogP contribution in [0.2, 0.25) is 0 Å². The third-order valence-corrected chi connectivity index (χ3v) is 4.08. The molecular formula is C14H22N2. The van der Waals surface area contributed by atoms with Crippen LogP contribution in [-0.2, 0) is 12.0 Å². The largest absolute Gasteiger partial charge is 0.269 e. The first-order valence-corrected chi connectivity index (χ1v) is 6.64. The van der Waals surface area contributed by atoms with Gasteiger partial charge in [0.05, 0.1) is 5.69 Å². The first kappa shape index (κ1) is 10.4. The highest BCUT2D eigenvalue weighted by Crippen LogP contribution is 2.51. The summed E-state index contributed by atoms with van der Waals surface area (Å²) in [5, 5.41) is 4.82. The van der Waals surface area contributed by atoms with Crippen LogP contribution in [0.1, 0.15) is 63.8 Å². The molecule has 16 heavy (non-hydrogen) atoms. The molecule has 1 aromatic rings. The summed E-state index contributed by atoms with van der Waals surface area (Å²) in [6, 6.07) is 2.37. The Balaban J connectivity index is 1.97. The molecule has 0 aromatic carbocycles. The van der Waals surface area contributed by atoms with Crippen molar-refractivity contribution in [2.75, 3.05) is 0 Å². The molecule has 2 heteroatoms. The molecule has 1 aliphatic heterocycles. The summed E-state index contributed by atoms with van der Waals surface area (Å²) in [4.78, 5) is 0. The van der Waals surface area contributed by atoms with Gasteiger partial charge < -0.3 is 0 Å². The van der Waals surface area contributed by atoms with Gasteiger partial charge in [-0.3, -0.25) is 4.68 Å². The van der Waals surface area contributed by atoms with Gasteiger partial charge in [0, 0.05) is 23.6 Å². The molecule has 0 N–H and O–H groups in total. The Bertz CT molecular complexity index is 397. The lowest BCUT2D eigenvalue weighted by Crippen LogP contribution is -2.13. The topological polar surface area (TPSA) is 17.8 Å². The third-order valence-electron chi connectivity index (χ3n) is 4.08. The predicted octanol–water partition coefficient (Wildman–Crippen LogP) is 3.47. The molecule has 1 saturated carbocycles. The second-order valence-electron chi connectivity index (χ2n) is 6.53. The van der Waals surface area contributed by atoms with Crippen molar-refractivity contribution in [2.24, 2.45) is 5.92 Å². The summed E-state index contributed by atoms with van der Waals surface area (Å²) in [7, 11) is 0. The second kappa shape index (κ2) is 3.35. The van der Waals surface area contributed by atoms with Crippen LogP contribution in [0.25, 0.3) is 0 Å². The van der Waals surface area contributed by atoms with Gasteiger partial charge in [0.15, 0.2) is 0 Å². The quantitative estimate of drug-likeness (QED) is 0.652. The van der Waals surface area contributed by atoms with E-state index in [9.17, 15) is 0 Å². The molecule has 0 bridgehead atoms. The van der Waals surface area contributed by atoms with Crippen molar-refractivity contribution in [2.45, 2.75) is 64.3 Å². The maximum atomic E-state index is 4.82. The highest BCUT2D eigenvalue weighted by Gasteiger charge is 2.41. The number of nitrogens with zero attached hydrogens (tertiary/aromatic N) is 2. The molecule has 1 fully saturated rings. The highest BCUT2D eigenvalue weighted by atomic mass is 15.3. The third kappa shape index (κ3) is 1.68. The SMILES string of the molecule is CC(C)(C)c1cc2n(n1)CCCCC1CC21. The van der Waals surface area contributed by atoms with Crippen LogP contribution in [-0.4, -0.2) is 9.78 Å². The summed E-state index contributed by atoms with van der Waals surface area (Å²) in [5.41, 5.74) is 2.99. The van der Waals surface area contributed by atoms with Crippen molar-refractivity contribution < 1.29 is 0 Å².